The quantitative estimate of drug-likeness (QED) is 0.712. The van der Waals surface area contributed by atoms with Crippen LogP contribution < -0.4 is 5.32 Å². The predicted molar refractivity (Wildman–Crippen MR) is 55.9 cm³/mol. The predicted octanol–water partition coefficient (Wildman–Crippen LogP) is 2.19. The number of nitrogens with one attached hydrogen (secondary N) is 1. The van der Waals surface area contributed by atoms with E-state index >= 15 is 0 Å². The molecule has 0 aromatic heterocycles. The maximum absolute atomic E-state index is 5.68. The van der Waals surface area contributed by atoms with Gasteiger partial charge in [-0.3, -0.25) is 0 Å². The van der Waals surface area contributed by atoms with Gasteiger partial charge in [-0.1, -0.05) is 0 Å². The van der Waals surface area contributed by atoms with Gasteiger partial charge in [0.25, 0.3) is 0 Å². The van der Waals surface area contributed by atoms with Crippen LogP contribution in [0.15, 0.2) is 0 Å². The number of hydrogen-bond donors (Lipinski definition) is 1. The van der Waals surface area contributed by atoms with Crippen molar-refractivity contribution in [2.24, 2.45) is 5.92 Å². The van der Waals surface area contributed by atoms with Gasteiger partial charge in [0.2, 0.25) is 0 Å². The van der Waals surface area contributed by atoms with Crippen molar-refractivity contribution in [1.29, 1.82) is 0 Å². The Hall–Kier alpha value is -0.0800. The molecule has 0 radical (unpaired) electrons. The molecular formula is C11H23NO. The minimum absolute atomic E-state index is 0.101. The second-order valence-electron chi connectivity index (χ2n) is 5.77. The van der Waals surface area contributed by atoms with E-state index in [4.69, 9.17) is 4.74 Å². The minimum atomic E-state index is 0.101. The third-order valence-electron chi connectivity index (χ3n) is 2.41. The van der Waals surface area contributed by atoms with Crippen LogP contribution in [0.1, 0.15) is 41.0 Å². The fourth-order valence-electron chi connectivity index (χ4n) is 1.74. The van der Waals surface area contributed by atoms with Gasteiger partial charge in [0.05, 0.1) is 12.2 Å². The van der Waals surface area contributed by atoms with Crippen LogP contribution in [0, 0.1) is 5.92 Å². The summed E-state index contributed by atoms with van der Waals surface area (Å²) in [7, 11) is 0. The molecule has 0 aromatic carbocycles. The van der Waals surface area contributed by atoms with Crippen molar-refractivity contribution in [3.05, 3.63) is 0 Å². The first-order valence-corrected chi connectivity index (χ1v) is 5.17. The summed E-state index contributed by atoms with van der Waals surface area (Å²) in [4.78, 5) is 0. The topological polar surface area (TPSA) is 21.3 Å². The third-order valence-corrected chi connectivity index (χ3v) is 2.41. The first kappa shape index (κ1) is 11.0. The summed E-state index contributed by atoms with van der Waals surface area (Å²) in [5.74, 6) is 0.689. The maximum Gasteiger partial charge on any atom is 0.0630 e. The van der Waals surface area contributed by atoms with Gasteiger partial charge in [-0.25, -0.2) is 0 Å². The fourth-order valence-corrected chi connectivity index (χ4v) is 1.74. The van der Waals surface area contributed by atoms with Crippen LogP contribution in [0.25, 0.3) is 0 Å². The third kappa shape index (κ3) is 4.10. The summed E-state index contributed by atoms with van der Waals surface area (Å²) in [6.07, 6.45) is 1.18. The molecule has 13 heavy (non-hydrogen) atoms. The van der Waals surface area contributed by atoms with Gasteiger partial charge < -0.3 is 10.1 Å². The van der Waals surface area contributed by atoms with Crippen LogP contribution in [0.5, 0.6) is 0 Å². The van der Waals surface area contributed by atoms with E-state index in [9.17, 15) is 0 Å². The zero-order valence-corrected chi connectivity index (χ0v) is 9.61. The Balaban J connectivity index is 2.25. The molecule has 0 amide bonds. The Kier molecular flexibility index (Phi) is 3.03. The number of rotatable bonds is 2. The normalized spacial score (nSPS) is 27.9. The van der Waals surface area contributed by atoms with Crippen molar-refractivity contribution in [2.45, 2.75) is 52.2 Å². The Labute approximate surface area is 82.0 Å². The molecule has 1 unspecified atom stereocenters. The SMILES string of the molecule is CC(C)(C)NCC1COC(C)(C)C1. The van der Waals surface area contributed by atoms with Crippen LogP contribution in [-0.4, -0.2) is 24.3 Å². The van der Waals surface area contributed by atoms with Gasteiger partial charge >= 0.3 is 0 Å². The van der Waals surface area contributed by atoms with E-state index in [0.29, 0.717) is 5.92 Å². The van der Waals surface area contributed by atoms with Crippen LogP contribution in [-0.2, 0) is 4.74 Å². The molecule has 2 nitrogen and oxygen atoms in total. The summed E-state index contributed by atoms with van der Waals surface area (Å²) in [6.45, 7) is 12.9. The van der Waals surface area contributed by atoms with E-state index < -0.39 is 0 Å². The molecule has 1 N–H and O–H groups in total. The maximum atomic E-state index is 5.68. The lowest BCUT2D eigenvalue weighted by Crippen LogP contribution is -2.39. The molecule has 0 spiro atoms. The molecule has 1 atom stereocenters. The van der Waals surface area contributed by atoms with Gasteiger partial charge in [0.1, 0.15) is 0 Å². The molecule has 0 saturated carbocycles. The smallest absolute Gasteiger partial charge is 0.0630 e. The van der Waals surface area contributed by atoms with E-state index in [-0.39, 0.29) is 11.1 Å². The molecule has 78 valence electrons. The number of hydrogen-bond acceptors (Lipinski definition) is 2. The molecule has 1 heterocycles. The van der Waals surface area contributed by atoms with E-state index in [1.165, 1.54) is 6.42 Å². The molecule has 0 bridgehead atoms. The molecule has 1 fully saturated rings. The highest BCUT2D eigenvalue weighted by atomic mass is 16.5. The van der Waals surface area contributed by atoms with Gasteiger partial charge in [-0.2, -0.15) is 0 Å². The van der Waals surface area contributed by atoms with Gasteiger partial charge in [0.15, 0.2) is 0 Å². The Bertz CT molecular complexity index is 169. The highest BCUT2D eigenvalue weighted by Gasteiger charge is 2.32. The van der Waals surface area contributed by atoms with Crippen LogP contribution in [0.4, 0.5) is 0 Å². The molecule has 2 heteroatoms. The second kappa shape index (κ2) is 3.58. The Morgan fingerprint density at radius 2 is 2.00 bits per heavy atom. The minimum Gasteiger partial charge on any atom is -0.375 e. The van der Waals surface area contributed by atoms with E-state index in [1.807, 2.05) is 0 Å². The standard InChI is InChI=1S/C11H23NO/c1-10(2,3)12-7-9-6-11(4,5)13-8-9/h9,12H,6-8H2,1-5H3. The molecule has 0 aromatic rings. The summed E-state index contributed by atoms with van der Waals surface area (Å²) in [6, 6.07) is 0. The average Bonchev–Trinajstić information content (AvgIpc) is 2.24. The summed E-state index contributed by atoms with van der Waals surface area (Å²) < 4.78 is 5.68. The molecular weight excluding hydrogens is 162 g/mol. The summed E-state index contributed by atoms with van der Waals surface area (Å²) in [5, 5.41) is 3.52. The van der Waals surface area contributed by atoms with Gasteiger partial charge in [0, 0.05) is 12.1 Å². The summed E-state index contributed by atoms with van der Waals surface area (Å²) in [5.41, 5.74) is 0.330. The van der Waals surface area contributed by atoms with Crippen LogP contribution >= 0.6 is 0 Å². The van der Waals surface area contributed by atoms with Gasteiger partial charge in [-0.05, 0) is 47.0 Å². The van der Waals surface area contributed by atoms with E-state index in [2.05, 4.69) is 39.9 Å². The lowest BCUT2D eigenvalue weighted by Gasteiger charge is -2.23. The average molecular weight is 185 g/mol. The zero-order chi connectivity index (χ0) is 10.1. The van der Waals surface area contributed by atoms with Crippen molar-refractivity contribution in [3.63, 3.8) is 0 Å². The zero-order valence-electron chi connectivity index (χ0n) is 9.61. The Morgan fingerprint density at radius 3 is 2.38 bits per heavy atom. The van der Waals surface area contributed by atoms with Crippen molar-refractivity contribution in [1.82, 2.24) is 5.32 Å². The van der Waals surface area contributed by atoms with Crippen LogP contribution in [0.2, 0.25) is 0 Å². The Morgan fingerprint density at radius 1 is 1.38 bits per heavy atom. The molecule has 1 saturated heterocycles. The molecule has 0 aliphatic carbocycles. The second-order valence-corrected chi connectivity index (χ2v) is 5.77. The largest absolute Gasteiger partial charge is 0.375 e. The van der Waals surface area contributed by atoms with Gasteiger partial charge in [-0.15, -0.1) is 0 Å². The lowest BCUT2D eigenvalue weighted by molar-refractivity contribution is 0.0349. The highest BCUT2D eigenvalue weighted by molar-refractivity contribution is 4.83. The fraction of sp³-hybridized carbons (Fsp3) is 1.00. The summed E-state index contributed by atoms with van der Waals surface area (Å²) >= 11 is 0. The monoisotopic (exact) mass is 185 g/mol. The van der Waals surface area contributed by atoms with Crippen molar-refractivity contribution in [3.8, 4) is 0 Å². The van der Waals surface area contributed by atoms with Crippen molar-refractivity contribution in [2.75, 3.05) is 13.2 Å². The van der Waals surface area contributed by atoms with E-state index in [0.717, 1.165) is 13.2 Å². The van der Waals surface area contributed by atoms with Crippen molar-refractivity contribution >= 4 is 0 Å². The van der Waals surface area contributed by atoms with Crippen molar-refractivity contribution < 1.29 is 4.74 Å². The van der Waals surface area contributed by atoms with E-state index in [1.54, 1.807) is 0 Å². The molecule has 1 aliphatic heterocycles. The highest BCUT2D eigenvalue weighted by Crippen LogP contribution is 2.28. The first-order valence-electron chi connectivity index (χ1n) is 5.17. The van der Waals surface area contributed by atoms with Crippen LogP contribution in [0.3, 0.4) is 0 Å². The lowest BCUT2D eigenvalue weighted by atomic mass is 9.97. The molecule has 1 aliphatic rings. The first-order chi connectivity index (χ1) is 5.79. The number of ether oxygens (including phenoxy) is 1. The molecule has 1 rings (SSSR count).